The van der Waals surface area contributed by atoms with E-state index in [4.69, 9.17) is 4.74 Å². The number of ether oxygens (including phenoxy) is 1. The van der Waals surface area contributed by atoms with Crippen molar-refractivity contribution in [2.24, 2.45) is 0 Å². The molecule has 20 heavy (non-hydrogen) atoms. The van der Waals surface area contributed by atoms with Gasteiger partial charge in [-0.3, -0.25) is 20.3 Å². The highest BCUT2D eigenvalue weighted by molar-refractivity contribution is 6.00. The van der Waals surface area contributed by atoms with Gasteiger partial charge in [0.05, 0.1) is 18.1 Å². The summed E-state index contributed by atoms with van der Waals surface area (Å²) in [5, 5.41) is 15.6. The van der Waals surface area contributed by atoms with Gasteiger partial charge in [-0.25, -0.2) is 5.01 Å². The molecule has 1 fully saturated rings. The Hall–Kier alpha value is -2.19. The number of nitro benzene ring substituents is 1. The normalized spacial score (nSPS) is 15.7. The summed E-state index contributed by atoms with van der Waals surface area (Å²) in [5.41, 5.74) is 2.79. The van der Waals surface area contributed by atoms with Gasteiger partial charge in [-0.05, 0) is 12.1 Å². The first-order valence-corrected chi connectivity index (χ1v) is 6.22. The molecule has 1 aliphatic rings. The predicted octanol–water partition coefficient (Wildman–Crippen LogP) is 0.613. The average Bonchev–Trinajstić information content (AvgIpc) is 2.47. The van der Waals surface area contributed by atoms with Crippen LogP contribution in [0.15, 0.2) is 18.2 Å². The molecule has 1 amide bonds. The number of nitrogens with zero attached hydrogens (tertiary/aromatic N) is 2. The van der Waals surface area contributed by atoms with Gasteiger partial charge in [0, 0.05) is 20.1 Å². The standard InChI is InChI=1S/C12H16N4O4/c1-13-10-4-2-3-9(11(10)16(18)19)12(17)14-15-5-7-20-8-6-15/h2-4,13H,5-8H2,1H3,(H,14,17). The van der Waals surface area contributed by atoms with E-state index in [1.807, 2.05) is 0 Å². The van der Waals surface area contributed by atoms with E-state index < -0.39 is 10.8 Å². The Morgan fingerprint density at radius 3 is 2.70 bits per heavy atom. The Balaban J connectivity index is 2.22. The molecule has 1 aromatic rings. The quantitative estimate of drug-likeness (QED) is 0.619. The lowest BCUT2D eigenvalue weighted by atomic mass is 10.1. The number of carbonyl (C=O) groups excluding carboxylic acids is 1. The Kier molecular flexibility index (Phi) is 4.49. The Morgan fingerprint density at radius 1 is 1.40 bits per heavy atom. The number of benzene rings is 1. The third-order valence-electron chi connectivity index (χ3n) is 3.00. The second kappa shape index (κ2) is 6.31. The van der Waals surface area contributed by atoms with Gasteiger partial charge in [0.25, 0.3) is 5.91 Å². The van der Waals surface area contributed by atoms with Gasteiger partial charge in [-0.2, -0.15) is 0 Å². The van der Waals surface area contributed by atoms with Crippen LogP contribution in [0.2, 0.25) is 0 Å². The number of hydrogen-bond acceptors (Lipinski definition) is 6. The van der Waals surface area contributed by atoms with Crippen molar-refractivity contribution in [1.29, 1.82) is 0 Å². The molecule has 1 saturated heterocycles. The van der Waals surface area contributed by atoms with Crippen molar-refractivity contribution in [2.75, 3.05) is 38.7 Å². The van der Waals surface area contributed by atoms with Crippen LogP contribution in [-0.4, -0.2) is 49.2 Å². The number of rotatable bonds is 4. The number of para-hydroxylation sites is 1. The van der Waals surface area contributed by atoms with Crippen molar-refractivity contribution in [3.63, 3.8) is 0 Å². The van der Waals surface area contributed by atoms with E-state index in [-0.39, 0.29) is 11.3 Å². The van der Waals surface area contributed by atoms with Crippen LogP contribution in [0.1, 0.15) is 10.4 Å². The number of anilines is 1. The highest BCUT2D eigenvalue weighted by atomic mass is 16.6. The number of hydrogen-bond donors (Lipinski definition) is 2. The zero-order valence-electron chi connectivity index (χ0n) is 11.1. The maximum atomic E-state index is 12.2. The second-order valence-electron chi connectivity index (χ2n) is 4.25. The number of morpholine rings is 1. The van der Waals surface area contributed by atoms with E-state index >= 15 is 0 Å². The zero-order chi connectivity index (χ0) is 14.5. The van der Waals surface area contributed by atoms with Crippen molar-refractivity contribution in [1.82, 2.24) is 10.4 Å². The van der Waals surface area contributed by atoms with Crippen LogP contribution >= 0.6 is 0 Å². The fourth-order valence-electron chi connectivity index (χ4n) is 2.00. The summed E-state index contributed by atoms with van der Waals surface area (Å²) in [6.45, 7) is 2.17. The predicted molar refractivity (Wildman–Crippen MR) is 72.5 cm³/mol. The summed E-state index contributed by atoms with van der Waals surface area (Å²) in [6, 6.07) is 4.60. The molecule has 0 unspecified atom stereocenters. The molecule has 1 heterocycles. The lowest BCUT2D eigenvalue weighted by molar-refractivity contribution is -0.384. The first-order chi connectivity index (χ1) is 9.63. The number of amides is 1. The highest BCUT2D eigenvalue weighted by Crippen LogP contribution is 2.28. The van der Waals surface area contributed by atoms with E-state index in [0.29, 0.717) is 32.0 Å². The van der Waals surface area contributed by atoms with E-state index in [0.717, 1.165) is 0 Å². The van der Waals surface area contributed by atoms with Crippen LogP contribution in [0, 0.1) is 10.1 Å². The molecule has 0 spiro atoms. The molecule has 0 bridgehead atoms. The van der Waals surface area contributed by atoms with E-state index in [1.165, 1.54) is 6.07 Å². The number of nitro groups is 1. The van der Waals surface area contributed by atoms with Crippen molar-refractivity contribution in [2.45, 2.75) is 0 Å². The average molecular weight is 280 g/mol. The fourth-order valence-corrected chi connectivity index (χ4v) is 2.00. The minimum Gasteiger partial charge on any atom is -0.383 e. The first-order valence-electron chi connectivity index (χ1n) is 6.22. The maximum absolute atomic E-state index is 12.2. The first kappa shape index (κ1) is 14.2. The largest absolute Gasteiger partial charge is 0.383 e. The summed E-state index contributed by atoms with van der Waals surface area (Å²) in [5.74, 6) is -0.490. The Bertz CT molecular complexity index is 514. The van der Waals surface area contributed by atoms with Crippen molar-refractivity contribution < 1.29 is 14.5 Å². The SMILES string of the molecule is CNc1cccc(C(=O)NN2CCOCC2)c1[N+](=O)[O-]. The molecule has 2 N–H and O–H groups in total. The second-order valence-corrected chi connectivity index (χ2v) is 4.25. The number of carbonyl (C=O) groups is 1. The van der Waals surface area contributed by atoms with Gasteiger partial charge in [-0.1, -0.05) is 6.07 Å². The number of hydrazine groups is 1. The van der Waals surface area contributed by atoms with Crippen LogP contribution in [0.3, 0.4) is 0 Å². The van der Waals surface area contributed by atoms with Gasteiger partial charge in [0.15, 0.2) is 0 Å². The summed E-state index contributed by atoms with van der Waals surface area (Å²) in [6.07, 6.45) is 0. The topological polar surface area (TPSA) is 96.7 Å². The molecule has 0 aliphatic carbocycles. The Morgan fingerprint density at radius 2 is 2.10 bits per heavy atom. The third kappa shape index (κ3) is 3.03. The third-order valence-corrected chi connectivity index (χ3v) is 3.00. The van der Waals surface area contributed by atoms with E-state index in [9.17, 15) is 14.9 Å². The van der Waals surface area contributed by atoms with Gasteiger partial charge < -0.3 is 10.1 Å². The highest BCUT2D eigenvalue weighted by Gasteiger charge is 2.25. The molecule has 0 aromatic heterocycles. The van der Waals surface area contributed by atoms with Gasteiger partial charge >= 0.3 is 5.69 Å². The lowest BCUT2D eigenvalue weighted by Gasteiger charge is -2.26. The lowest BCUT2D eigenvalue weighted by Crippen LogP contribution is -2.48. The van der Waals surface area contributed by atoms with Crippen molar-refractivity contribution in [3.05, 3.63) is 33.9 Å². The van der Waals surface area contributed by atoms with Crippen LogP contribution < -0.4 is 10.7 Å². The zero-order valence-corrected chi connectivity index (χ0v) is 11.1. The molecular weight excluding hydrogens is 264 g/mol. The van der Waals surface area contributed by atoms with Crippen LogP contribution in [0.25, 0.3) is 0 Å². The molecule has 8 nitrogen and oxygen atoms in total. The van der Waals surface area contributed by atoms with Crippen molar-refractivity contribution in [3.8, 4) is 0 Å². The molecule has 108 valence electrons. The number of nitrogens with one attached hydrogen (secondary N) is 2. The molecule has 0 radical (unpaired) electrons. The molecule has 2 rings (SSSR count). The van der Waals surface area contributed by atoms with Crippen LogP contribution in [-0.2, 0) is 4.74 Å². The molecular formula is C12H16N4O4. The molecule has 0 atom stereocenters. The minimum atomic E-state index is -0.555. The summed E-state index contributed by atoms with van der Waals surface area (Å²) >= 11 is 0. The monoisotopic (exact) mass is 280 g/mol. The fraction of sp³-hybridized carbons (Fsp3) is 0.417. The van der Waals surface area contributed by atoms with E-state index in [1.54, 1.807) is 24.2 Å². The molecule has 8 heteroatoms. The molecule has 0 saturated carbocycles. The van der Waals surface area contributed by atoms with Gasteiger partial charge in [-0.15, -0.1) is 0 Å². The van der Waals surface area contributed by atoms with Crippen LogP contribution in [0.4, 0.5) is 11.4 Å². The molecule has 1 aliphatic heterocycles. The summed E-state index contributed by atoms with van der Waals surface area (Å²) < 4.78 is 5.17. The maximum Gasteiger partial charge on any atom is 0.305 e. The minimum absolute atomic E-state index is 0.0355. The van der Waals surface area contributed by atoms with Gasteiger partial charge in [0.2, 0.25) is 0 Å². The smallest absolute Gasteiger partial charge is 0.305 e. The van der Waals surface area contributed by atoms with Crippen LogP contribution in [0.5, 0.6) is 0 Å². The van der Waals surface area contributed by atoms with E-state index in [2.05, 4.69) is 10.7 Å². The summed E-state index contributed by atoms with van der Waals surface area (Å²) in [4.78, 5) is 22.8. The Labute approximate surface area is 115 Å². The summed E-state index contributed by atoms with van der Waals surface area (Å²) in [7, 11) is 1.58. The molecule has 1 aromatic carbocycles. The van der Waals surface area contributed by atoms with Gasteiger partial charge in [0.1, 0.15) is 11.3 Å². The van der Waals surface area contributed by atoms with Crippen molar-refractivity contribution >= 4 is 17.3 Å².